The maximum absolute atomic E-state index is 2.44. The van der Waals surface area contributed by atoms with Crippen LogP contribution in [0.5, 0.6) is 0 Å². The minimum absolute atomic E-state index is 0.632. The summed E-state index contributed by atoms with van der Waals surface area (Å²) in [6, 6.07) is 18.2. The van der Waals surface area contributed by atoms with Crippen molar-refractivity contribution in [3.05, 3.63) is 70.8 Å². The van der Waals surface area contributed by atoms with Crippen LogP contribution in [-0.4, -0.2) is 0 Å². The summed E-state index contributed by atoms with van der Waals surface area (Å²) >= 11 is 0. The minimum atomic E-state index is 0.632. The van der Waals surface area contributed by atoms with Crippen LogP contribution in [0.1, 0.15) is 67.7 Å². The van der Waals surface area contributed by atoms with Crippen molar-refractivity contribution in [2.45, 2.75) is 65.2 Å². The average molecular weight is 294 g/mol. The quantitative estimate of drug-likeness (QED) is 0.490. The summed E-state index contributed by atoms with van der Waals surface area (Å²) in [4.78, 5) is 0. The minimum Gasteiger partial charge on any atom is -0.0654 e. The summed E-state index contributed by atoms with van der Waals surface area (Å²) < 4.78 is 0. The molecule has 2 rings (SSSR count). The van der Waals surface area contributed by atoms with Crippen molar-refractivity contribution in [3.8, 4) is 0 Å². The number of rotatable bonds is 8. The third-order valence-electron chi connectivity index (χ3n) is 4.55. The van der Waals surface area contributed by atoms with Gasteiger partial charge >= 0.3 is 0 Å². The summed E-state index contributed by atoms with van der Waals surface area (Å²) in [5, 5.41) is 0. The molecular formula is C22H30. The first-order valence-electron chi connectivity index (χ1n) is 8.87. The fourth-order valence-corrected chi connectivity index (χ4v) is 3.20. The standard InChI is InChI=1S/C22H30/c1-4-6-7-11-19-12-9-14-22(16-19)21(5-2)17-20-13-8-10-18(3)15-20/h8-10,12-16,21H,4-7,11,17H2,1-3H3. The second-order valence-electron chi connectivity index (χ2n) is 6.50. The van der Waals surface area contributed by atoms with E-state index in [2.05, 4.69) is 69.3 Å². The highest BCUT2D eigenvalue weighted by Gasteiger charge is 2.11. The first kappa shape index (κ1) is 16.8. The predicted octanol–water partition coefficient (Wildman–Crippen LogP) is 6.46. The monoisotopic (exact) mass is 294 g/mol. The lowest BCUT2D eigenvalue weighted by molar-refractivity contribution is 0.657. The Hall–Kier alpha value is -1.56. The van der Waals surface area contributed by atoms with Crippen molar-refractivity contribution >= 4 is 0 Å². The molecule has 22 heavy (non-hydrogen) atoms. The van der Waals surface area contributed by atoms with Gasteiger partial charge < -0.3 is 0 Å². The largest absolute Gasteiger partial charge is 0.0654 e. The topological polar surface area (TPSA) is 0 Å². The highest BCUT2D eigenvalue weighted by atomic mass is 14.2. The molecule has 0 radical (unpaired) electrons. The van der Waals surface area contributed by atoms with Crippen LogP contribution in [-0.2, 0) is 12.8 Å². The molecule has 0 spiro atoms. The molecule has 0 nitrogen and oxygen atoms in total. The molecule has 0 aliphatic heterocycles. The van der Waals surface area contributed by atoms with Gasteiger partial charge in [0.05, 0.1) is 0 Å². The zero-order valence-electron chi connectivity index (χ0n) is 14.4. The number of aryl methyl sites for hydroxylation is 2. The van der Waals surface area contributed by atoms with Crippen LogP contribution >= 0.6 is 0 Å². The molecule has 2 aromatic rings. The summed E-state index contributed by atoms with van der Waals surface area (Å²) in [5.41, 5.74) is 5.84. The molecule has 2 aromatic carbocycles. The van der Waals surface area contributed by atoms with E-state index in [0.717, 1.165) is 6.42 Å². The van der Waals surface area contributed by atoms with Crippen LogP contribution in [0.4, 0.5) is 0 Å². The van der Waals surface area contributed by atoms with Crippen LogP contribution in [0.15, 0.2) is 48.5 Å². The first-order valence-corrected chi connectivity index (χ1v) is 8.87. The first-order chi connectivity index (χ1) is 10.7. The Balaban J connectivity index is 2.08. The molecule has 0 heterocycles. The number of benzene rings is 2. The SMILES string of the molecule is CCCCCc1cccc(C(CC)Cc2cccc(C)c2)c1. The lowest BCUT2D eigenvalue weighted by Crippen LogP contribution is -2.03. The van der Waals surface area contributed by atoms with E-state index < -0.39 is 0 Å². The van der Waals surface area contributed by atoms with Gasteiger partial charge in [-0.25, -0.2) is 0 Å². The zero-order chi connectivity index (χ0) is 15.8. The maximum atomic E-state index is 2.44. The average Bonchev–Trinajstić information content (AvgIpc) is 2.53. The van der Waals surface area contributed by atoms with Gasteiger partial charge in [-0.15, -0.1) is 0 Å². The normalized spacial score (nSPS) is 12.3. The molecule has 0 fully saturated rings. The fraction of sp³-hybridized carbons (Fsp3) is 0.455. The Morgan fingerprint density at radius 3 is 2.36 bits per heavy atom. The van der Waals surface area contributed by atoms with Gasteiger partial charge in [0.1, 0.15) is 0 Å². The van der Waals surface area contributed by atoms with Gasteiger partial charge in [-0.3, -0.25) is 0 Å². The number of hydrogen-bond donors (Lipinski definition) is 0. The Bertz CT molecular complexity index is 568. The molecule has 0 bridgehead atoms. The fourth-order valence-electron chi connectivity index (χ4n) is 3.20. The van der Waals surface area contributed by atoms with E-state index in [-0.39, 0.29) is 0 Å². The molecule has 0 amide bonds. The van der Waals surface area contributed by atoms with Gasteiger partial charge in [0.2, 0.25) is 0 Å². The summed E-state index contributed by atoms with van der Waals surface area (Å²) in [7, 11) is 0. The van der Waals surface area contributed by atoms with Crippen LogP contribution in [0, 0.1) is 6.92 Å². The van der Waals surface area contributed by atoms with Gasteiger partial charge in [-0.2, -0.15) is 0 Å². The van der Waals surface area contributed by atoms with E-state index >= 15 is 0 Å². The molecule has 0 aromatic heterocycles. The van der Waals surface area contributed by atoms with Gasteiger partial charge in [0, 0.05) is 0 Å². The van der Waals surface area contributed by atoms with Crippen LogP contribution in [0.2, 0.25) is 0 Å². The molecule has 0 aliphatic carbocycles. The molecule has 0 saturated carbocycles. The van der Waals surface area contributed by atoms with Gasteiger partial charge in [0.25, 0.3) is 0 Å². The summed E-state index contributed by atoms with van der Waals surface area (Å²) in [6.45, 7) is 6.76. The molecule has 0 aliphatic rings. The number of hydrogen-bond acceptors (Lipinski definition) is 0. The Labute approximate surface area is 136 Å². The van der Waals surface area contributed by atoms with Gasteiger partial charge in [0.15, 0.2) is 0 Å². The summed E-state index contributed by atoms with van der Waals surface area (Å²) in [6.07, 6.45) is 7.52. The highest BCUT2D eigenvalue weighted by molar-refractivity contribution is 5.30. The lowest BCUT2D eigenvalue weighted by atomic mass is 9.88. The van der Waals surface area contributed by atoms with E-state index in [4.69, 9.17) is 0 Å². The zero-order valence-corrected chi connectivity index (χ0v) is 14.4. The van der Waals surface area contributed by atoms with Crippen LogP contribution in [0.25, 0.3) is 0 Å². The van der Waals surface area contributed by atoms with Crippen molar-refractivity contribution < 1.29 is 0 Å². The Morgan fingerprint density at radius 2 is 1.64 bits per heavy atom. The molecule has 0 saturated heterocycles. The second kappa shape index (κ2) is 8.78. The van der Waals surface area contributed by atoms with E-state index in [1.165, 1.54) is 54.4 Å². The third kappa shape index (κ3) is 5.02. The van der Waals surface area contributed by atoms with Gasteiger partial charge in [-0.05, 0) is 55.2 Å². The molecule has 0 heteroatoms. The van der Waals surface area contributed by atoms with Crippen LogP contribution < -0.4 is 0 Å². The van der Waals surface area contributed by atoms with Crippen molar-refractivity contribution in [2.75, 3.05) is 0 Å². The molecule has 1 atom stereocenters. The van der Waals surface area contributed by atoms with Crippen LogP contribution in [0.3, 0.4) is 0 Å². The maximum Gasteiger partial charge on any atom is -0.0124 e. The van der Waals surface area contributed by atoms with Crippen molar-refractivity contribution in [2.24, 2.45) is 0 Å². The molecule has 118 valence electrons. The van der Waals surface area contributed by atoms with E-state index in [9.17, 15) is 0 Å². The third-order valence-corrected chi connectivity index (χ3v) is 4.55. The molecule has 1 unspecified atom stereocenters. The lowest BCUT2D eigenvalue weighted by Gasteiger charge is -2.17. The molecular weight excluding hydrogens is 264 g/mol. The number of unbranched alkanes of at least 4 members (excludes halogenated alkanes) is 2. The molecule has 0 N–H and O–H groups in total. The second-order valence-corrected chi connectivity index (χ2v) is 6.50. The van der Waals surface area contributed by atoms with Crippen molar-refractivity contribution in [1.82, 2.24) is 0 Å². The Kier molecular flexibility index (Phi) is 6.71. The Morgan fingerprint density at radius 1 is 0.864 bits per heavy atom. The van der Waals surface area contributed by atoms with Gasteiger partial charge in [-0.1, -0.05) is 80.8 Å². The predicted molar refractivity (Wildman–Crippen MR) is 97.6 cm³/mol. The highest BCUT2D eigenvalue weighted by Crippen LogP contribution is 2.26. The smallest absolute Gasteiger partial charge is 0.0124 e. The van der Waals surface area contributed by atoms with Crippen molar-refractivity contribution in [1.29, 1.82) is 0 Å². The van der Waals surface area contributed by atoms with E-state index in [1.807, 2.05) is 0 Å². The van der Waals surface area contributed by atoms with E-state index in [1.54, 1.807) is 0 Å². The van der Waals surface area contributed by atoms with Crippen molar-refractivity contribution in [3.63, 3.8) is 0 Å². The summed E-state index contributed by atoms with van der Waals surface area (Å²) in [5.74, 6) is 0.632. The van der Waals surface area contributed by atoms with E-state index in [0.29, 0.717) is 5.92 Å².